The number of aliphatic hydroxyl groups excluding tert-OH is 1. The Bertz CT molecular complexity index is 343. The Morgan fingerprint density at radius 3 is 2.47 bits per heavy atom. The fourth-order valence-corrected chi connectivity index (χ4v) is 1.94. The minimum atomic E-state index is -0.759. The van der Waals surface area contributed by atoms with Crippen LogP contribution in [0.2, 0.25) is 0 Å². The highest BCUT2D eigenvalue weighted by Gasteiger charge is 2.18. The van der Waals surface area contributed by atoms with Gasteiger partial charge in [-0.15, -0.1) is 0 Å². The van der Waals surface area contributed by atoms with Crippen molar-refractivity contribution < 1.29 is 9.50 Å². The molecule has 0 spiro atoms. The molecule has 3 heteroatoms. The molecule has 0 bridgehead atoms. The molecule has 2 unspecified atom stereocenters. The topological polar surface area (TPSA) is 23.5 Å². The maximum atomic E-state index is 13.5. The van der Waals surface area contributed by atoms with Crippen LogP contribution in [0, 0.1) is 5.82 Å². The van der Waals surface area contributed by atoms with Crippen LogP contribution < -0.4 is 0 Å². The number of hydrogen-bond donors (Lipinski definition) is 1. The molecule has 0 radical (unpaired) electrons. The van der Waals surface area contributed by atoms with Gasteiger partial charge < -0.3 is 5.11 Å². The van der Waals surface area contributed by atoms with Crippen LogP contribution >= 0.6 is 0 Å². The molecule has 0 saturated heterocycles. The van der Waals surface area contributed by atoms with Gasteiger partial charge in [0.1, 0.15) is 5.82 Å². The number of aliphatic hydroxyl groups is 1. The van der Waals surface area contributed by atoms with E-state index in [4.69, 9.17) is 0 Å². The van der Waals surface area contributed by atoms with Gasteiger partial charge in [-0.25, -0.2) is 4.39 Å². The van der Waals surface area contributed by atoms with E-state index in [2.05, 4.69) is 25.7 Å². The smallest absolute Gasteiger partial charge is 0.129 e. The lowest BCUT2D eigenvalue weighted by Crippen LogP contribution is -2.36. The van der Waals surface area contributed by atoms with Crippen LogP contribution in [0.1, 0.15) is 38.9 Å². The maximum absolute atomic E-state index is 13.5. The van der Waals surface area contributed by atoms with E-state index in [1.807, 2.05) is 0 Å². The Morgan fingerprint density at radius 2 is 1.94 bits per heavy atom. The van der Waals surface area contributed by atoms with Crippen molar-refractivity contribution in [2.75, 3.05) is 13.1 Å². The lowest BCUT2D eigenvalue weighted by atomic mass is 10.1. The first-order valence-electron chi connectivity index (χ1n) is 6.26. The summed E-state index contributed by atoms with van der Waals surface area (Å²) >= 11 is 0. The monoisotopic (exact) mass is 239 g/mol. The predicted molar refractivity (Wildman–Crippen MR) is 68.4 cm³/mol. The summed E-state index contributed by atoms with van der Waals surface area (Å²) in [5, 5.41) is 10.1. The summed E-state index contributed by atoms with van der Waals surface area (Å²) in [7, 11) is 0. The maximum Gasteiger partial charge on any atom is 0.129 e. The van der Waals surface area contributed by atoms with Crippen LogP contribution in [0.4, 0.5) is 4.39 Å². The summed E-state index contributed by atoms with van der Waals surface area (Å²) < 4.78 is 13.5. The number of rotatable bonds is 6. The highest BCUT2D eigenvalue weighted by atomic mass is 19.1. The van der Waals surface area contributed by atoms with Gasteiger partial charge in [0.05, 0.1) is 6.10 Å². The molecule has 0 fully saturated rings. The highest BCUT2D eigenvalue weighted by Crippen LogP contribution is 2.19. The largest absolute Gasteiger partial charge is 0.387 e. The number of nitrogens with zero attached hydrogens (tertiary/aromatic N) is 1. The molecule has 0 aliphatic carbocycles. The van der Waals surface area contributed by atoms with Crippen LogP contribution in [0.15, 0.2) is 24.3 Å². The first kappa shape index (κ1) is 14.1. The van der Waals surface area contributed by atoms with Crippen molar-refractivity contribution in [1.29, 1.82) is 0 Å². The zero-order chi connectivity index (χ0) is 12.8. The SMILES string of the molecule is CCC(C)N(CC)CC(O)c1ccccc1F. The average Bonchev–Trinajstić information content (AvgIpc) is 2.35. The molecule has 17 heavy (non-hydrogen) atoms. The zero-order valence-electron chi connectivity index (χ0n) is 10.9. The molecule has 1 rings (SSSR count). The third kappa shape index (κ3) is 3.79. The molecule has 0 amide bonds. The molecule has 1 aromatic rings. The molecule has 0 aliphatic rings. The Kier molecular flexibility index (Phi) is 5.59. The van der Waals surface area contributed by atoms with E-state index in [0.717, 1.165) is 13.0 Å². The predicted octanol–water partition coefficient (Wildman–Crippen LogP) is 2.98. The Balaban J connectivity index is 2.71. The second-order valence-electron chi connectivity index (χ2n) is 4.38. The molecular formula is C14H22FNO. The van der Waals surface area contributed by atoms with Crippen molar-refractivity contribution in [1.82, 2.24) is 4.90 Å². The normalized spacial score (nSPS) is 14.9. The van der Waals surface area contributed by atoms with Crippen molar-refractivity contribution in [2.45, 2.75) is 39.3 Å². The van der Waals surface area contributed by atoms with Gasteiger partial charge in [0.25, 0.3) is 0 Å². The Morgan fingerprint density at radius 1 is 1.29 bits per heavy atom. The Hall–Kier alpha value is -0.930. The number of hydrogen-bond acceptors (Lipinski definition) is 2. The summed E-state index contributed by atoms with van der Waals surface area (Å²) in [6.45, 7) is 7.63. The Labute approximate surface area is 103 Å². The van der Waals surface area contributed by atoms with Crippen molar-refractivity contribution in [3.05, 3.63) is 35.6 Å². The van der Waals surface area contributed by atoms with E-state index in [9.17, 15) is 9.50 Å². The second kappa shape index (κ2) is 6.72. The van der Waals surface area contributed by atoms with Crippen LogP contribution in [0.5, 0.6) is 0 Å². The molecule has 0 aliphatic heterocycles. The average molecular weight is 239 g/mol. The van der Waals surface area contributed by atoms with Crippen molar-refractivity contribution in [3.8, 4) is 0 Å². The van der Waals surface area contributed by atoms with Gasteiger partial charge in [0.15, 0.2) is 0 Å². The molecule has 2 atom stereocenters. The molecule has 1 aromatic carbocycles. The third-order valence-electron chi connectivity index (χ3n) is 3.29. The summed E-state index contributed by atoms with van der Waals surface area (Å²) in [6.07, 6.45) is 0.267. The standard InChI is InChI=1S/C14H22FNO/c1-4-11(3)16(5-2)10-14(17)12-8-6-7-9-13(12)15/h6-9,11,14,17H,4-5,10H2,1-3H3. The van der Waals surface area contributed by atoms with E-state index >= 15 is 0 Å². The molecule has 0 heterocycles. The summed E-state index contributed by atoms with van der Waals surface area (Å²) in [6, 6.07) is 6.82. The molecule has 0 aromatic heterocycles. The summed E-state index contributed by atoms with van der Waals surface area (Å²) in [5.41, 5.74) is 0.384. The first-order chi connectivity index (χ1) is 8.10. The molecule has 96 valence electrons. The van der Waals surface area contributed by atoms with E-state index in [1.165, 1.54) is 6.07 Å². The minimum absolute atomic E-state index is 0.333. The molecule has 2 nitrogen and oxygen atoms in total. The third-order valence-corrected chi connectivity index (χ3v) is 3.29. The van der Waals surface area contributed by atoms with Gasteiger partial charge in [-0.05, 0) is 26.0 Å². The quantitative estimate of drug-likeness (QED) is 0.825. The van der Waals surface area contributed by atoms with E-state index in [-0.39, 0.29) is 5.82 Å². The van der Waals surface area contributed by atoms with Gasteiger partial charge in [0.2, 0.25) is 0 Å². The zero-order valence-corrected chi connectivity index (χ0v) is 10.9. The van der Waals surface area contributed by atoms with E-state index in [0.29, 0.717) is 18.2 Å². The number of halogens is 1. The van der Waals surface area contributed by atoms with Crippen molar-refractivity contribution in [3.63, 3.8) is 0 Å². The van der Waals surface area contributed by atoms with Crippen LogP contribution in [-0.2, 0) is 0 Å². The number of likely N-dealkylation sites (N-methyl/N-ethyl adjacent to an activating group) is 1. The van der Waals surface area contributed by atoms with Crippen molar-refractivity contribution >= 4 is 0 Å². The molecule has 1 N–H and O–H groups in total. The number of benzene rings is 1. The van der Waals surface area contributed by atoms with Crippen LogP contribution in [0.25, 0.3) is 0 Å². The fraction of sp³-hybridized carbons (Fsp3) is 0.571. The van der Waals surface area contributed by atoms with Gasteiger partial charge in [0, 0.05) is 18.2 Å². The second-order valence-corrected chi connectivity index (χ2v) is 4.38. The lowest BCUT2D eigenvalue weighted by Gasteiger charge is -2.29. The van der Waals surface area contributed by atoms with Gasteiger partial charge >= 0.3 is 0 Å². The summed E-state index contributed by atoms with van der Waals surface area (Å²) in [4.78, 5) is 2.16. The van der Waals surface area contributed by atoms with E-state index in [1.54, 1.807) is 18.2 Å². The van der Waals surface area contributed by atoms with Gasteiger partial charge in [-0.2, -0.15) is 0 Å². The summed E-state index contributed by atoms with van der Waals surface area (Å²) in [5.74, 6) is -0.333. The first-order valence-corrected chi connectivity index (χ1v) is 6.26. The van der Waals surface area contributed by atoms with Crippen LogP contribution in [-0.4, -0.2) is 29.1 Å². The van der Waals surface area contributed by atoms with Gasteiger partial charge in [-0.3, -0.25) is 4.90 Å². The van der Waals surface area contributed by atoms with E-state index < -0.39 is 6.10 Å². The van der Waals surface area contributed by atoms with Crippen molar-refractivity contribution in [2.24, 2.45) is 0 Å². The van der Waals surface area contributed by atoms with Crippen LogP contribution in [0.3, 0.4) is 0 Å². The van der Waals surface area contributed by atoms with Gasteiger partial charge in [-0.1, -0.05) is 32.0 Å². The highest BCUT2D eigenvalue weighted by molar-refractivity contribution is 5.20. The molecular weight excluding hydrogens is 217 g/mol. The lowest BCUT2D eigenvalue weighted by molar-refractivity contribution is 0.0910. The molecule has 0 saturated carbocycles. The fourth-order valence-electron chi connectivity index (χ4n) is 1.94. The minimum Gasteiger partial charge on any atom is -0.387 e.